The number of benzene rings is 1. The van der Waals surface area contributed by atoms with E-state index in [1.807, 2.05) is 0 Å². The predicted octanol–water partition coefficient (Wildman–Crippen LogP) is -0.340. The zero-order chi connectivity index (χ0) is 18.2. The molecule has 1 aromatic carbocycles. The molecule has 2 aromatic rings. The van der Waals surface area contributed by atoms with Gasteiger partial charge in [0.25, 0.3) is 10.2 Å². The summed E-state index contributed by atoms with van der Waals surface area (Å²) >= 11 is 0. The molecule has 1 aliphatic heterocycles. The van der Waals surface area contributed by atoms with Crippen LogP contribution in [-0.2, 0) is 23.2 Å². The fourth-order valence-corrected chi connectivity index (χ4v) is 3.11. The number of aromatic carboxylic acids is 1. The lowest BCUT2D eigenvalue weighted by Gasteiger charge is -2.23. The highest BCUT2D eigenvalue weighted by Gasteiger charge is 2.29. The lowest BCUT2D eigenvalue weighted by Crippen LogP contribution is -2.28. The maximum absolute atomic E-state index is 11.7. The van der Waals surface area contributed by atoms with E-state index in [9.17, 15) is 23.3 Å². The highest BCUT2D eigenvalue weighted by Crippen LogP contribution is 2.33. The van der Waals surface area contributed by atoms with Gasteiger partial charge in [0.05, 0.1) is 18.4 Å². The molecule has 132 valence electrons. The zero-order valence-electron chi connectivity index (χ0n) is 12.9. The number of carboxylic acid groups (broad SMARTS) is 1. The topological polar surface area (TPSA) is 157 Å². The van der Waals surface area contributed by atoms with Crippen LogP contribution in [0.3, 0.4) is 0 Å². The smallest absolute Gasteiger partial charge is 0.522 e. The number of carbonyl (C=O) groups is 1. The van der Waals surface area contributed by atoms with Gasteiger partial charge in [0.1, 0.15) is 11.3 Å². The van der Waals surface area contributed by atoms with E-state index >= 15 is 0 Å². The van der Waals surface area contributed by atoms with Crippen LogP contribution in [-0.4, -0.2) is 41.4 Å². The third-order valence-electron chi connectivity index (χ3n) is 3.68. The summed E-state index contributed by atoms with van der Waals surface area (Å²) in [5.41, 5.74) is 1.23. The molecule has 0 atom stereocenters. The summed E-state index contributed by atoms with van der Waals surface area (Å²) in [7, 11) is -4.97. The van der Waals surface area contributed by atoms with E-state index in [-0.39, 0.29) is 23.5 Å². The molecule has 0 saturated carbocycles. The number of aromatic nitrogens is 2. The Kier molecular flexibility index (Phi) is 4.41. The second-order valence-electron chi connectivity index (χ2n) is 5.58. The summed E-state index contributed by atoms with van der Waals surface area (Å²) in [6.07, 6.45) is 3.54. The highest BCUT2D eigenvalue weighted by molar-refractivity contribution is 7.90. The number of nitrogens with zero attached hydrogens (tertiary/aromatic N) is 2. The third-order valence-corrected chi connectivity index (χ3v) is 4.20. The average molecular weight is 366 g/mol. The Morgan fingerprint density at radius 1 is 1.48 bits per heavy atom. The second-order valence-corrected chi connectivity index (χ2v) is 6.87. The van der Waals surface area contributed by atoms with E-state index in [2.05, 4.69) is 9.82 Å². The molecule has 0 radical (unpaired) electrons. The van der Waals surface area contributed by atoms with Gasteiger partial charge in [-0.15, -0.1) is 0 Å². The summed E-state index contributed by atoms with van der Waals surface area (Å²) in [5, 5.41) is 28.1. The fourth-order valence-electron chi connectivity index (χ4n) is 2.68. The van der Waals surface area contributed by atoms with Gasteiger partial charge in [-0.1, -0.05) is 12.1 Å². The van der Waals surface area contributed by atoms with Crippen molar-refractivity contribution in [3.05, 3.63) is 41.2 Å². The van der Waals surface area contributed by atoms with Crippen LogP contribution in [0.25, 0.3) is 0 Å². The molecule has 2 heterocycles. The Morgan fingerprint density at radius 2 is 2.24 bits per heavy atom. The number of carboxylic acids is 1. The Labute approximate surface area is 143 Å². The molecular formula is C13H15BN4O6S. The van der Waals surface area contributed by atoms with Gasteiger partial charge in [-0.25, -0.2) is 9.93 Å². The van der Waals surface area contributed by atoms with Gasteiger partial charge in [0.15, 0.2) is 0 Å². The van der Waals surface area contributed by atoms with Gasteiger partial charge in [-0.05, 0) is 23.9 Å². The molecular weight excluding hydrogens is 351 g/mol. The molecule has 0 amide bonds. The van der Waals surface area contributed by atoms with Gasteiger partial charge < -0.3 is 14.8 Å². The van der Waals surface area contributed by atoms with Gasteiger partial charge >= 0.3 is 13.1 Å². The minimum Gasteiger partial charge on any atom is -0.535 e. The molecule has 10 nitrogen and oxygen atoms in total. The number of nitrogens with two attached hydrogens (primary N) is 1. The fraction of sp³-hybridized carbons (Fsp3) is 0.231. The summed E-state index contributed by atoms with van der Waals surface area (Å²) in [6.45, 7) is 0.0701. The standard InChI is InChI=1S/C13H15BN4O6S/c15-25(22,23)17-10-5-16-18(7-10)6-9-2-1-8-3-4-14(21)24-12(8)11(9)13(19)20/h1-2,5,7,17,21H,3-4,6H2,(H,19,20)(H2,15,22,23). The number of hydrogen-bond acceptors (Lipinski definition) is 6. The van der Waals surface area contributed by atoms with Gasteiger partial charge in [0, 0.05) is 6.20 Å². The number of hydrogen-bond donors (Lipinski definition) is 4. The molecule has 0 aliphatic carbocycles. The van der Waals surface area contributed by atoms with Crippen molar-refractivity contribution in [1.82, 2.24) is 9.78 Å². The number of aryl methyl sites for hydroxylation is 1. The van der Waals surface area contributed by atoms with Gasteiger partial charge in [-0.3, -0.25) is 9.40 Å². The molecule has 1 aliphatic rings. The van der Waals surface area contributed by atoms with Crippen molar-refractivity contribution in [2.75, 3.05) is 4.72 Å². The van der Waals surface area contributed by atoms with Crippen LogP contribution in [0, 0.1) is 0 Å². The molecule has 0 unspecified atom stereocenters. The Morgan fingerprint density at radius 3 is 2.92 bits per heavy atom. The summed E-state index contributed by atoms with van der Waals surface area (Å²) in [6, 6.07) is 3.40. The largest absolute Gasteiger partial charge is 0.535 e. The van der Waals surface area contributed by atoms with Crippen molar-refractivity contribution in [2.24, 2.45) is 5.14 Å². The van der Waals surface area contributed by atoms with Crippen LogP contribution in [0.15, 0.2) is 24.5 Å². The van der Waals surface area contributed by atoms with Gasteiger partial charge in [-0.2, -0.15) is 13.5 Å². The number of fused-ring (bicyclic) bond motifs is 1. The predicted molar refractivity (Wildman–Crippen MR) is 88.6 cm³/mol. The monoisotopic (exact) mass is 366 g/mol. The first-order valence-corrected chi connectivity index (χ1v) is 8.83. The summed E-state index contributed by atoms with van der Waals surface area (Å²) in [4.78, 5) is 11.7. The highest BCUT2D eigenvalue weighted by atomic mass is 32.2. The van der Waals surface area contributed by atoms with Gasteiger partial charge in [0.2, 0.25) is 0 Å². The van der Waals surface area contributed by atoms with Crippen molar-refractivity contribution in [2.45, 2.75) is 19.3 Å². The Hall–Kier alpha value is -2.57. The molecule has 12 heteroatoms. The van der Waals surface area contributed by atoms with Crippen LogP contribution >= 0.6 is 0 Å². The van der Waals surface area contributed by atoms with Crippen molar-refractivity contribution < 1.29 is 28.0 Å². The molecule has 0 bridgehead atoms. The van der Waals surface area contributed by atoms with Crippen LogP contribution in [0.4, 0.5) is 5.69 Å². The Bertz CT molecular complexity index is 929. The second kappa shape index (κ2) is 6.39. The molecule has 0 spiro atoms. The van der Waals surface area contributed by atoms with Crippen molar-refractivity contribution in [1.29, 1.82) is 0 Å². The van der Waals surface area contributed by atoms with Crippen molar-refractivity contribution in [3.8, 4) is 5.75 Å². The van der Waals surface area contributed by atoms with E-state index in [0.717, 1.165) is 0 Å². The van der Waals surface area contributed by atoms with E-state index in [4.69, 9.17) is 9.79 Å². The van der Waals surface area contributed by atoms with Crippen LogP contribution in [0.1, 0.15) is 21.5 Å². The molecule has 25 heavy (non-hydrogen) atoms. The van der Waals surface area contributed by atoms with Crippen LogP contribution < -0.4 is 14.5 Å². The van der Waals surface area contributed by atoms with E-state index in [1.165, 1.54) is 17.1 Å². The lowest BCUT2D eigenvalue weighted by molar-refractivity contribution is 0.0693. The first kappa shape index (κ1) is 17.3. The van der Waals surface area contributed by atoms with Crippen LogP contribution in [0.2, 0.25) is 6.32 Å². The molecule has 0 saturated heterocycles. The average Bonchev–Trinajstić information content (AvgIpc) is 2.91. The molecule has 0 fully saturated rings. The molecule has 5 N–H and O–H groups in total. The quantitative estimate of drug-likeness (QED) is 0.527. The minimum atomic E-state index is -3.92. The Balaban J connectivity index is 1.93. The zero-order valence-corrected chi connectivity index (χ0v) is 13.7. The SMILES string of the molecule is NS(=O)(=O)Nc1cnn(Cc2ccc3c(c2C(=O)O)OB(O)CC3)c1. The number of anilines is 1. The van der Waals surface area contributed by atoms with E-state index in [1.54, 1.807) is 12.1 Å². The minimum absolute atomic E-state index is 0.0484. The first-order valence-electron chi connectivity index (χ1n) is 7.28. The number of nitrogens with one attached hydrogen (secondary N) is 1. The number of rotatable bonds is 5. The molecule has 1 aromatic heterocycles. The summed E-state index contributed by atoms with van der Waals surface area (Å²) in [5.74, 6) is -1.03. The van der Waals surface area contributed by atoms with E-state index < -0.39 is 23.3 Å². The van der Waals surface area contributed by atoms with E-state index in [0.29, 0.717) is 23.9 Å². The molecule has 3 rings (SSSR count). The normalized spacial score (nSPS) is 13.9. The van der Waals surface area contributed by atoms with Crippen LogP contribution in [0.5, 0.6) is 5.75 Å². The third kappa shape index (κ3) is 3.92. The van der Waals surface area contributed by atoms with Crippen molar-refractivity contribution in [3.63, 3.8) is 0 Å². The van der Waals surface area contributed by atoms with Crippen molar-refractivity contribution >= 4 is 29.0 Å². The maximum Gasteiger partial charge on any atom is 0.522 e. The first-order chi connectivity index (χ1) is 11.7. The lowest BCUT2D eigenvalue weighted by atomic mass is 9.78. The maximum atomic E-state index is 11.7. The summed E-state index contributed by atoms with van der Waals surface area (Å²) < 4.78 is 30.8.